The number of hydrogen-bond donors (Lipinski definition) is 0. The van der Waals surface area contributed by atoms with Crippen molar-refractivity contribution in [3.63, 3.8) is 0 Å². The SMILES string of the molecule is Cc1ccc(C(=O)C2CCN(C(=O)c3ccc(-n4cccc4)cc3)CC2)c(C)c1. The predicted molar refractivity (Wildman–Crippen MR) is 115 cm³/mol. The number of aromatic nitrogens is 1. The van der Waals surface area contributed by atoms with Crippen LogP contribution in [0.4, 0.5) is 0 Å². The molecule has 1 fully saturated rings. The van der Waals surface area contributed by atoms with E-state index >= 15 is 0 Å². The minimum atomic E-state index is -0.00317. The maximum atomic E-state index is 12.9. The molecule has 0 spiro atoms. The molecule has 1 saturated heterocycles. The lowest BCUT2D eigenvalue weighted by molar-refractivity contribution is 0.0650. The van der Waals surface area contributed by atoms with Crippen LogP contribution in [0.5, 0.6) is 0 Å². The Morgan fingerprint density at radius 2 is 1.55 bits per heavy atom. The predicted octanol–water partition coefficient (Wildman–Crippen LogP) is 4.83. The monoisotopic (exact) mass is 386 g/mol. The lowest BCUT2D eigenvalue weighted by Gasteiger charge is -2.31. The van der Waals surface area contributed by atoms with Gasteiger partial charge in [0, 0.05) is 48.2 Å². The molecule has 1 amide bonds. The van der Waals surface area contributed by atoms with E-state index in [1.54, 1.807) is 0 Å². The van der Waals surface area contributed by atoms with Crippen molar-refractivity contribution < 1.29 is 9.59 Å². The largest absolute Gasteiger partial charge is 0.339 e. The molecule has 1 aromatic heterocycles. The van der Waals surface area contributed by atoms with Crippen LogP contribution in [0.1, 0.15) is 44.7 Å². The molecule has 0 saturated carbocycles. The number of benzene rings is 2. The number of hydrogen-bond acceptors (Lipinski definition) is 2. The molecule has 1 aliphatic rings. The molecule has 1 aliphatic heterocycles. The second-order valence-electron chi connectivity index (χ2n) is 7.89. The lowest BCUT2D eigenvalue weighted by Crippen LogP contribution is -2.40. The highest BCUT2D eigenvalue weighted by molar-refractivity contribution is 5.99. The van der Waals surface area contributed by atoms with Gasteiger partial charge in [-0.2, -0.15) is 0 Å². The van der Waals surface area contributed by atoms with Crippen LogP contribution in [0, 0.1) is 19.8 Å². The molecular weight excluding hydrogens is 360 g/mol. The fourth-order valence-electron chi connectivity index (χ4n) is 4.12. The van der Waals surface area contributed by atoms with Crippen LogP contribution in [0.2, 0.25) is 0 Å². The Morgan fingerprint density at radius 1 is 0.897 bits per heavy atom. The minimum Gasteiger partial charge on any atom is -0.339 e. The highest BCUT2D eigenvalue weighted by Gasteiger charge is 2.29. The van der Waals surface area contributed by atoms with Crippen molar-refractivity contribution in [1.82, 2.24) is 9.47 Å². The lowest BCUT2D eigenvalue weighted by atomic mass is 9.87. The molecule has 3 aromatic rings. The van der Waals surface area contributed by atoms with Gasteiger partial charge < -0.3 is 9.47 Å². The molecule has 0 bridgehead atoms. The molecule has 2 heterocycles. The summed E-state index contributed by atoms with van der Waals surface area (Å²) < 4.78 is 2.01. The number of carbonyl (C=O) groups is 2. The fourth-order valence-corrected chi connectivity index (χ4v) is 4.12. The zero-order chi connectivity index (χ0) is 20.4. The average Bonchev–Trinajstić information content (AvgIpc) is 3.28. The number of carbonyl (C=O) groups excluding carboxylic acids is 2. The van der Waals surface area contributed by atoms with Gasteiger partial charge in [0.15, 0.2) is 5.78 Å². The van der Waals surface area contributed by atoms with Crippen molar-refractivity contribution in [3.05, 3.63) is 89.2 Å². The van der Waals surface area contributed by atoms with Crippen LogP contribution in [-0.2, 0) is 0 Å². The van der Waals surface area contributed by atoms with E-state index in [1.165, 1.54) is 5.56 Å². The summed E-state index contributed by atoms with van der Waals surface area (Å²) in [6.45, 7) is 5.28. The second kappa shape index (κ2) is 8.08. The molecule has 148 valence electrons. The zero-order valence-electron chi connectivity index (χ0n) is 17.0. The molecule has 4 heteroatoms. The third-order valence-corrected chi connectivity index (χ3v) is 5.82. The van der Waals surface area contributed by atoms with Crippen molar-refractivity contribution in [1.29, 1.82) is 0 Å². The third-order valence-electron chi connectivity index (χ3n) is 5.82. The van der Waals surface area contributed by atoms with Crippen LogP contribution in [-0.4, -0.2) is 34.2 Å². The van der Waals surface area contributed by atoms with Crippen molar-refractivity contribution in [2.24, 2.45) is 5.92 Å². The van der Waals surface area contributed by atoms with Crippen LogP contribution >= 0.6 is 0 Å². The summed E-state index contributed by atoms with van der Waals surface area (Å²) >= 11 is 0. The van der Waals surface area contributed by atoms with E-state index < -0.39 is 0 Å². The molecule has 29 heavy (non-hydrogen) atoms. The molecule has 0 unspecified atom stereocenters. The van der Waals surface area contributed by atoms with Crippen molar-refractivity contribution >= 4 is 11.7 Å². The minimum absolute atomic E-state index is 0.00317. The molecular formula is C25H26N2O2. The summed E-state index contributed by atoms with van der Waals surface area (Å²) in [5.74, 6) is 0.253. The molecule has 0 N–H and O–H groups in total. The highest BCUT2D eigenvalue weighted by Crippen LogP contribution is 2.25. The Balaban J connectivity index is 1.39. The number of ketones is 1. The molecule has 4 nitrogen and oxygen atoms in total. The number of nitrogens with zero attached hydrogens (tertiary/aromatic N) is 2. The highest BCUT2D eigenvalue weighted by atomic mass is 16.2. The summed E-state index contributed by atoms with van der Waals surface area (Å²) in [5.41, 5.74) is 4.75. The Kier molecular flexibility index (Phi) is 5.34. The molecule has 0 radical (unpaired) electrons. The number of likely N-dealkylation sites (tertiary alicyclic amines) is 1. The molecule has 4 rings (SSSR count). The Labute approximate surface area is 171 Å². The standard InChI is InChI=1S/C25H26N2O2/c1-18-5-10-23(19(2)17-18)24(28)20-11-15-27(16-12-20)25(29)21-6-8-22(9-7-21)26-13-3-4-14-26/h3-10,13-14,17,20H,11-12,15-16H2,1-2H3. The first kappa shape index (κ1) is 19.2. The average molecular weight is 386 g/mol. The van der Waals surface area contributed by atoms with Crippen LogP contribution in [0.25, 0.3) is 5.69 Å². The third kappa shape index (κ3) is 4.02. The number of rotatable bonds is 4. The summed E-state index contributed by atoms with van der Waals surface area (Å²) in [5, 5.41) is 0. The summed E-state index contributed by atoms with van der Waals surface area (Å²) in [6.07, 6.45) is 5.40. The van der Waals surface area contributed by atoms with Gasteiger partial charge in [-0.25, -0.2) is 0 Å². The van der Waals surface area contributed by atoms with Gasteiger partial charge in [-0.05, 0) is 68.7 Å². The topological polar surface area (TPSA) is 42.3 Å². The van der Waals surface area contributed by atoms with Gasteiger partial charge in [-0.3, -0.25) is 9.59 Å². The maximum Gasteiger partial charge on any atom is 0.253 e. The van der Waals surface area contributed by atoms with Crippen LogP contribution < -0.4 is 0 Å². The first-order chi connectivity index (χ1) is 14.0. The second-order valence-corrected chi connectivity index (χ2v) is 7.89. The van der Waals surface area contributed by atoms with Gasteiger partial charge in [0.05, 0.1) is 0 Å². The first-order valence-electron chi connectivity index (χ1n) is 10.2. The van der Waals surface area contributed by atoms with Gasteiger partial charge in [0.1, 0.15) is 0 Å². The van der Waals surface area contributed by atoms with Gasteiger partial charge in [-0.15, -0.1) is 0 Å². The van der Waals surface area contributed by atoms with E-state index in [0.717, 1.165) is 29.7 Å². The van der Waals surface area contributed by atoms with E-state index in [0.29, 0.717) is 18.7 Å². The number of Topliss-reactive ketones (excluding diaryl/α,β-unsaturated/α-hetero) is 1. The van der Waals surface area contributed by atoms with E-state index in [4.69, 9.17) is 0 Å². The summed E-state index contributed by atoms with van der Waals surface area (Å²) in [7, 11) is 0. The van der Waals surface area contributed by atoms with E-state index in [9.17, 15) is 9.59 Å². The quantitative estimate of drug-likeness (QED) is 0.603. The van der Waals surface area contributed by atoms with E-state index in [2.05, 4.69) is 6.07 Å². The number of aryl methyl sites for hydroxylation is 2. The smallest absolute Gasteiger partial charge is 0.253 e. The van der Waals surface area contributed by atoms with Crippen LogP contribution in [0.15, 0.2) is 67.0 Å². The van der Waals surface area contributed by atoms with Crippen molar-refractivity contribution in [2.75, 3.05) is 13.1 Å². The van der Waals surface area contributed by atoms with E-state index in [-0.39, 0.29) is 17.6 Å². The Bertz CT molecular complexity index is 1010. The van der Waals surface area contributed by atoms with E-state index in [1.807, 2.05) is 84.2 Å². The molecule has 2 aromatic carbocycles. The Morgan fingerprint density at radius 3 is 2.17 bits per heavy atom. The van der Waals surface area contributed by atoms with Gasteiger partial charge in [0.2, 0.25) is 0 Å². The first-order valence-corrected chi connectivity index (χ1v) is 10.2. The van der Waals surface area contributed by atoms with Crippen molar-refractivity contribution in [2.45, 2.75) is 26.7 Å². The number of piperidine rings is 1. The van der Waals surface area contributed by atoms with Crippen LogP contribution in [0.3, 0.4) is 0 Å². The molecule has 0 atom stereocenters. The van der Waals surface area contributed by atoms with Gasteiger partial charge >= 0.3 is 0 Å². The summed E-state index contributed by atoms with van der Waals surface area (Å²) in [6, 6.07) is 17.6. The molecule has 0 aliphatic carbocycles. The zero-order valence-corrected chi connectivity index (χ0v) is 17.0. The van der Waals surface area contributed by atoms with Crippen molar-refractivity contribution in [3.8, 4) is 5.69 Å². The Hall–Kier alpha value is -3.14. The summed E-state index contributed by atoms with van der Waals surface area (Å²) in [4.78, 5) is 27.7. The number of amides is 1. The normalized spacial score (nSPS) is 14.8. The maximum absolute atomic E-state index is 12.9. The van der Waals surface area contributed by atoms with Gasteiger partial charge in [0.25, 0.3) is 5.91 Å². The fraction of sp³-hybridized carbons (Fsp3) is 0.280. The van der Waals surface area contributed by atoms with Gasteiger partial charge in [-0.1, -0.05) is 23.8 Å².